The molecule has 3 aromatic heterocycles. The van der Waals surface area contributed by atoms with Crippen molar-refractivity contribution in [1.82, 2.24) is 29.9 Å². The highest BCUT2D eigenvalue weighted by Gasteiger charge is 2.16. The number of aromatic amines is 2. The Balaban J connectivity index is 1.36. The van der Waals surface area contributed by atoms with E-state index in [4.69, 9.17) is 0 Å². The van der Waals surface area contributed by atoms with Crippen LogP contribution in [-0.4, -0.2) is 41.6 Å². The summed E-state index contributed by atoms with van der Waals surface area (Å²) in [6.07, 6.45) is 7.10. The third-order valence-corrected chi connectivity index (χ3v) is 5.61. The Hall–Kier alpha value is -4.79. The molecule has 0 atom stereocenters. The van der Waals surface area contributed by atoms with Crippen molar-refractivity contribution in [2.75, 3.05) is 5.32 Å². The third kappa shape index (κ3) is 4.51. The van der Waals surface area contributed by atoms with E-state index < -0.39 is 0 Å². The minimum atomic E-state index is -0.272. The van der Waals surface area contributed by atoms with Crippen LogP contribution >= 0.6 is 0 Å². The first-order valence-electron chi connectivity index (χ1n) is 11.2. The fourth-order valence-corrected chi connectivity index (χ4v) is 3.90. The number of benzene rings is 2. The monoisotopic (exact) mass is 465 g/mol. The maximum atomic E-state index is 13.2. The lowest BCUT2D eigenvalue weighted by molar-refractivity contribution is 0.101. The lowest BCUT2D eigenvalue weighted by Crippen LogP contribution is -2.17. The van der Waals surface area contributed by atoms with E-state index in [-0.39, 0.29) is 11.7 Å². The fourth-order valence-electron chi connectivity index (χ4n) is 3.90. The summed E-state index contributed by atoms with van der Waals surface area (Å²) >= 11 is 0. The van der Waals surface area contributed by atoms with Crippen molar-refractivity contribution in [1.29, 1.82) is 0 Å². The van der Waals surface area contributed by atoms with E-state index in [2.05, 4.69) is 30.6 Å². The average Bonchev–Trinajstić information content (AvgIpc) is 3.61. The van der Waals surface area contributed by atoms with Crippen molar-refractivity contribution in [2.45, 2.75) is 20.4 Å². The predicted molar refractivity (Wildman–Crippen MR) is 134 cm³/mol. The van der Waals surface area contributed by atoms with Crippen LogP contribution in [0, 0.1) is 6.92 Å². The van der Waals surface area contributed by atoms with Gasteiger partial charge in [0.1, 0.15) is 5.69 Å². The number of carbonyl (C=O) groups is 2. The number of hydrogen-bond acceptors (Lipinski definition) is 5. The number of H-pyrrole nitrogens is 2. The van der Waals surface area contributed by atoms with Crippen LogP contribution in [0.2, 0.25) is 0 Å². The molecule has 2 aromatic carbocycles. The third-order valence-electron chi connectivity index (χ3n) is 5.61. The van der Waals surface area contributed by atoms with Crippen molar-refractivity contribution >= 4 is 40.4 Å². The van der Waals surface area contributed by atoms with Gasteiger partial charge in [-0.05, 0) is 56.3 Å². The molecule has 174 valence electrons. The van der Waals surface area contributed by atoms with Crippen molar-refractivity contribution in [3.05, 3.63) is 95.0 Å². The van der Waals surface area contributed by atoms with Crippen LogP contribution in [0.4, 0.5) is 5.69 Å². The topological polar surface area (TPSA) is 121 Å². The van der Waals surface area contributed by atoms with Gasteiger partial charge >= 0.3 is 0 Å². The minimum absolute atomic E-state index is 0.151. The number of aryl methyl sites for hydroxylation is 2. The van der Waals surface area contributed by atoms with Crippen LogP contribution in [0.25, 0.3) is 23.1 Å². The SMILES string of the molecule is CCn1nc(C)cc1C(=O)Nc1cccc(C(=O)c2ccc3c(/C=C/c4cnc[nH]4)n[nH]c3c2)c1. The van der Waals surface area contributed by atoms with Crippen LogP contribution in [0.1, 0.15) is 50.4 Å². The Labute approximate surface area is 200 Å². The smallest absolute Gasteiger partial charge is 0.273 e. The van der Waals surface area contributed by atoms with E-state index in [0.29, 0.717) is 29.1 Å². The van der Waals surface area contributed by atoms with Crippen molar-refractivity contribution < 1.29 is 9.59 Å². The van der Waals surface area contributed by atoms with E-state index in [1.165, 1.54) is 0 Å². The summed E-state index contributed by atoms with van der Waals surface area (Å²) in [4.78, 5) is 33.0. The maximum Gasteiger partial charge on any atom is 0.273 e. The summed E-state index contributed by atoms with van der Waals surface area (Å²) < 4.78 is 1.65. The highest BCUT2D eigenvalue weighted by Crippen LogP contribution is 2.22. The summed E-state index contributed by atoms with van der Waals surface area (Å²) in [6.45, 7) is 4.36. The predicted octanol–water partition coefficient (Wildman–Crippen LogP) is 4.46. The Bertz CT molecular complexity index is 1560. The molecule has 3 N–H and O–H groups in total. The van der Waals surface area contributed by atoms with Gasteiger partial charge < -0.3 is 10.3 Å². The number of nitrogens with zero attached hydrogens (tertiary/aromatic N) is 4. The number of imidazole rings is 1. The van der Waals surface area contributed by atoms with Crippen molar-refractivity contribution in [2.24, 2.45) is 0 Å². The second kappa shape index (κ2) is 9.22. The Kier molecular flexibility index (Phi) is 5.80. The molecule has 1 amide bonds. The highest BCUT2D eigenvalue weighted by molar-refractivity contribution is 6.12. The molecule has 0 aliphatic rings. The number of amides is 1. The van der Waals surface area contributed by atoms with Gasteiger partial charge in [-0.2, -0.15) is 10.2 Å². The summed E-state index contributed by atoms with van der Waals surface area (Å²) in [7, 11) is 0. The molecule has 0 saturated heterocycles. The first kappa shape index (κ1) is 22.0. The summed E-state index contributed by atoms with van der Waals surface area (Å²) in [5.41, 5.74) is 5.17. The molecule has 0 aliphatic heterocycles. The van der Waals surface area contributed by atoms with Crippen molar-refractivity contribution in [3.8, 4) is 0 Å². The van der Waals surface area contributed by atoms with Crippen LogP contribution < -0.4 is 5.32 Å². The van der Waals surface area contributed by atoms with Gasteiger partial charge in [0.2, 0.25) is 0 Å². The fraction of sp³-hybridized carbons (Fsp3) is 0.115. The Morgan fingerprint density at radius 1 is 1.09 bits per heavy atom. The zero-order chi connectivity index (χ0) is 24.4. The molecule has 0 fully saturated rings. The Morgan fingerprint density at radius 3 is 2.74 bits per heavy atom. The normalized spacial score (nSPS) is 11.4. The number of rotatable bonds is 7. The summed E-state index contributed by atoms with van der Waals surface area (Å²) in [6, 6.07) is 14.1. The number of ketones is 1. The molecule has 9 heteroatoms. The molecular formula is C26H23N7O2. The number of hydrogen-bond donors (Lipinski definition) is 3. The molecule has 5 rings (SSSR count). The molecule has 0 saturated carbocycles. The lowest BCUT2D eigenvalue weighted by Gasteiger charge is -2.08. The lowest BCUT2D eigenvalue weighted by atomic mass is 10.0. The summed E-state index contributed by atoms with van der Waals surface area (Å²) in [5, 5.41) is 15.4. The van der Waals surface area contributed by atoms with Gasteiger partial charge in [-0.1, -0.05) is 18.2 Å². The number of carbonyl (C=O) groups excluding carboxylic acids is 2. The molecular weight excluding hydrogens is 442 g/mol. The first-order chi connectivity index (χ1) is 17.0. The highest BCUT2D eigenvalue weighted by atomic mass is 16.2. The van der Waals surface area contributed by atoms with Gasteiger partial charge in [0.05, 0.1) is 35.1 Å². The van der Waals surface area contributed by atoms with E-state index in [1.807, 2.05) is 32.1 Å². The number of anilines is 1. The van der Waals surface area contributed by atoms with E-state index in [1.54, 1.807) is 59.7 Å². The molecule has 3 heterocycles. The van der Waals surface area contributed by atoms with E-state index in [9.17, 15) is 9.59 Å². The molecule has 0 spiro atoms. The average molecular weight is 466 g/mol. The van der Waals surface area contributed by atoms with Gasteiger partial charge in [-0.25, -0.2) is 4.98 Å². The van der Waals surface area contributed by atoms with E-state index >= 15 is 0 Å². The second-order valence-electron chi connectivity index (χ2n) is 8.06. The molecule has 0 radical (unpaired) electrons. The largest absolute Gasteiger partial charge is 0.345 e. The number of fused-ring (bicyclic) bond motifs is 1. The van der Waals surface area contributed by atoms with Gasteiger partial charge in [0, 0.05) is 28.7 Å². The zero-order valence-corrected chi connectivity index (χ0v) is 19.2. The molecule has 0 bridgehead atoms. The summed E-state index contributed by atoms with van der Waals surface area (Å²) in [5.74, 6) is -0.423. The first-order valence-corrected chi connectivity index (χ1v) is 11.2. The number of aromatic nitrogens is 6. The van der Waals surface area contributed by atoms with Gasteiger partial charge in [0.15, 0.2) is 5.78 Å². The van der Waals surface area contributed by atoms with Gasteiger partial charge in [-0.15, -0.1) is 0 Å². The minimum Gasteiger partial charge on any atom is -0.345 e. The van der Waals surface area contributed by atoms with Crippen LogP contribution in [0.5, 0.6) is 0 Å². The van der Waals surface area contributed by atoms with Gasteiger partial charge in [-0.3, -0.25) is 19.4 Å². The molecule has 5 aromatic rings. The Morgan fingerprint density at radius 2 is 1.94 bits per heavy atom. The zero-order valence-electron chi connectivity index (χ0n) is 19.2. The van der Waals surface area contributed by atoms with Gasteiger partial charge in [0.25, 0.3) is 5.91 Å². The van der Waals surface area contributed by atoms with E-state index in [0.717, 1.165) is 28.0 Å². The maximum absolute atomic E-state index is 13.2. The molecule has 0 aliphatic carbocycles. The molecule has 0 unspecified atom stereocenters. The quantitative estimate of drug-likeness (QED) is 0.306. The molecule has 35 heavy (non-hydrogen) atoms. The van der Waals surface area contributed by atoms with Crippen LogP contribution in [0.3, 0.4) is 0 Å². The van der Waals surface area contributed by atoms with Crippen LogP contribution in [-0.2, 0) is 6.54 Å². The standard InChI is InChI=1S/C26H23N7O2/c1-3-33-24(11-16(2)32-33)26(35)29-19-6-4-5-17(12-19)25(34)18-7-9-21-22(30-31-23(21)13-18)10-8-20-14-27-15-28-20/h4-15H,3H2,1-2H3,(H,27,28)(H,29,35)(H,30,31)/b10-8+. The van der Waals surface area contributed by atoms with Crippen LogP contribution in [0.15, 0.2) is 61.1 Å². The number of nitrogens with one attached hydrogen (secondary N) is 3. The second-order valence-corrected chi connectivity index (χ2v) is 8.06. The molecule has 9 nitrogen and oxygen atoms in total. The van der Waals surface area contributed by atoms with Crippen molar-refractivity contribution in [3.63, 3.8) is 0 Å².